The highest BCUT2D eigenvalue weighted by molar-refractivity contribution is 5.93. The zero-order valence-electron chi connectivity index (χ0n) is 14.9. The molecule has 25 heavy (non-hydrogen) atoms. The van der Waals surface area contributed by atoms with Crippen molar-refractivity contribution in [3.63, 3.8) is 0 Å². The van der Waals surface area contributed by atoms with E-state index in [1.54, 1.807) is 13.8 Å². The van der Waals surface area contributed by atoms with Crippen molar-refractivity contribution in [2.24, 2.45) is 5.92 Å². The zero-order valence-corrected chi connectivity index (χ0v) is 14.9. The summed E-state index contributed by atoms with van der Waals surface area (Å²) in [4.78, 5) is 18.6. The van der Waals surface area contributed by atoms with Gasteiger partial charge in [-0.05, 0) is 44.1 Å². The van der Waals surface area contributed by atoms with Gasteiger partial charge in [-0.25, -0.2) is 4.98 Å². The molecule has 1 atom stereocenters. The van der Waals surface area contributed by atoms with Gasteiger partial charge in [0.15, 0.2) is 11.6 Å². The molecule has 1 amide bonds. The number of hydrogen-bond donors (Lipinski definition) is 1. The summed E-state index contributed by atoms with van der Waals surface area (Å²) in [5.41, 5.74) is 1.67. The van der Waals surface area contributed by atoms with E-state index in [9.17, 15) is 9.90 Å². The number of hydrogen-bond acceptors (Lipinski definition) is 4. The lowest BCUT2D eigenvalue weighted by molar-refractivity contribution is 0.0433. The van der Waals surface area contributed by atoms with Gasteiger partial charge >= 0.3 is 0 Å². The first-order valence-electron chi connectivity index (χ1n) is 9.00. The van der Waals surface area contributed by atoms with Crippen LogP contribution in [0.15, 0.2) is 34.7 Å². The van der Waals surface area contributed by atoms with Crippen molar-refractivity contribution in [2.45, 2.75) is 45.6 Å². The number of piperidine rings is 1. The molecule has 134 valence electrons. The number of aryl methyl sites for hydroxylation is 3. The van der Waals surface area contributed by atoms with Crippen LogP contribution in [0.4, 0.5) is 0 Å². The van der Waals surface area contributed by atoms with Crippen molar-refractivity contribution in [1.29, 1.82) is 0 Å². The first-order chi connectivity index (χ1) is 12.0. The van der Waals surface area contributed by atoms with Gasteiger partial charge in [0.25, 0.3) is 5.91 Å². The fourth-order valence-corrected chi connectivity index (χ4v) is 3.56. The van der Waals surface area contributed by atoms with E-state index in [0.29, 0.717) is 30.4 Å². The van der Waals surface area contributed by atoms with Gasteiger partial charge in [0.05, 0.1) is 6.10 Å². The minimum Gasteiger partial charge on any atom is -0.445 e. The second-order valence-corrected chi connectivity index (χ2v) is 6.86. The van der Waals surface area contributed by atoms with Gasteiger partial charge in [-0.15, -0.1) is 0 Å². The Labute approximate surface area is 148 Å². The predicted molar refractivity (Wildman–Crippen MR) is 95.4 cm³/mol. The number of likely N-dealkylation sites (tertiary alicyclic amines) is 1. The number of amides is 1. The summed E-state index contributed by atoms with van der Waals surface area (Å²) in [7, 11) is 0. The number of aliphatic hydroxyl groups excluding tert-OH is 1. The smallest absolute Gasteiger partial charge is 0.276 e. The molecular formula is C20H26N2O3. The largest absolute Gasteiger partial charge is 0.445 e. The normalized spacial score (nSPS) is 16.8. The van der Waals surface area contributed by atoms with Gasteiger partial charge in [0, 0.05) is 20.0 Å². The van der Waals surface area contributed by atoms with Gasteiger partial charge in [0.2, 0.25) is 0 Å². The monoisotopic (exact) mass is 342 g/mol. The van der Waals surface area contributed by atoms with Crippen LogP contribution in [0.5, 0.6) is 0 Å². The van der Waals surface area contributed by atoms with Gasteiger partial charge in [-0.2, -0.15) is 0 Å². The summed E-state index contributed by atoms with van der Waals surface area (Å²) >= 11 is 0. The summed E-state index contributed by atoms with van der Waals surface area (Å²) in [6, 6.07) is 10.2. The van der Waals surface area contributed by atoms with E-state index in [0.717, 1.165) is 25.7 Å². The lowest BCUT2D eigenvalue weighted by atomic mass is 9.88. The molecule has 1 aliphatic heterocycles. The predicted octanol–water partition coefficient (Wildman–Crippen LogP) is 3.14. The summed E-state index contributed by atoms with van der Waals surface area (Å²) in [6.45, 7) is 4.85. The molecule has 1 aromatic carbocycles. The maximum atomic E-state index is 12.6. The molecule has 5 nitrogen and oxygen atoms in total. The molecule has 1 unspecified atom stereocenters. The molecule has 2 aromatic rings. The fourth-order valence-electron chi connectivity index (χ4n) is 3.56. The van der Waals surface area contributed by atoms with E-state index >= 15 is 0 Å². The summed E-state index contributed by atoms with van der Waals surface area (Å²) < 4.78 is 5.36. The first-order valence-corrected chi connectivity index (χ1v) is 9.00. The fraction of sp³-hybridized carbons (Fsp3) is 0.500. The minimum absolute atomic E-state index is 0.0634. The van der Waals surface area contributed by atoms with Crippen molar-refractivity contribution in [3.8, 4) is 0 Å². The summed E-state index contributed by atoms with van der Waals surface area (Å²) in [5.74, 6) is 1.29. The molecule has 0 bridgehead atoms. The lowest BCUT2D eigenvalue weighted by Gasteiger charge is -2.34. The van der Waals surface area contributed by atoms with Crippen LogP contribution in [-0.2, 0) is 6.42 Å². The average molecular weight is 342 g/mol. The molecule has 0 radical (unpaired) electrons. The van der Waals surface area contributed by atoms with Gasteiger partial charge in [-0.3, -0.25) is 4.79 Å². The SMILES string of the molecule is Cc1nc(C(=O)N2CCC(C(O)CCc3ccccc3)CC2)c(C)o1. The molecule has 0 aliphatic carbocycles. The van der Waals surface area contributed by atoms with Crippen LogP contribution in [0.3, 0.4) is 0 Å². The number of carbonyl (C=O) groups is 1. The molecule has 1 saturated heterocycles. The number of oxazole rings is 1. The van der Waals surface area contributed by atoms with E-state index in [1.807, 2.05) is 23.1 Å². The Balaban J connectivity index is 1.49. The molecule has 1 fully saturated rings. The van der Waals surface area contributed by atoms with E-state index < -0.39 is 0 Å². The molecule has 5 heteroatoms. The second kappa shape index (κ2) is 7.83. The highest BCUT2D eigenvalue weighted by Crippen LogP contribution is 2.25. The topological polar surface area (TPSA) is 66.6 Å². The molecule has 1 N–H and O–H groups in total. The number of rotatable bonds is 5. The van der Waals surface area contributed by atoms with Gasteiger partial charge in [-0.1, -0.05) is 30.3 Å². The lowest BCUT2D eigenvalue weighted by Crippen LogP contribution is -2.41. The highest BCUT2D eigenvalue weighted by Gasteiger charge is 2.29. The highest BCUT2D eigenvalue weighted by atomic mass is 16.4. The Morgan fingerprint density at radius 1 is 1.28 bits per heavy atom. The molecule has 1 aliphatic rings. The molecule has 0 spiro atoms. The molecule has 3 rings (SSSR count). The standard InChI is InChI=1S/C20H26N2O3/c1-14-19(21-15(2)25-14)20(24)22-12-10-17(11-13-22)18(23)9-8-16-6-4-3-5-7-16/h3-7,17-18,23H,8-13H2,1-2H3. The first kappa shape index (κ1) is 17.7. The van der Waals surface area contributed by atoms with E-state index in [-0.39, 0.29) is 17.9 Å². The van der Waals surface area contributed by atoms with Crippen molar-refractivity contribution < 1.29 is 14.3 Å². The summed E-state index contributed by atoms with van der Waals surface area (Å²) in [5, 5.41) is 10.5. The molecule has 1 aromatic heterocycles. The van der Waals surface area contributed by atoms with Crippen LogP contribution in [-0.4, -0.2) is 40.1 Å². The van der Waals surface area contributed by atoms with Crippen molar-refractivity contribution in [2.75, 3.05) is 13.1 Å². The van der Waals surface area contributed by atoms with Crippen LogP contribution in [0.25, 0.3) is 0 Å². The third-order valence-electron chi connectivity index (χ3n) is 5.05. The Kier molecular flexibility index (Phi) is 5.53. The Bertz CT molecular complexity index is 703. The number of aromatic nitrogens is 1. The van der Waals surface area contributed by atoms with E-state index in [4.69, 9.17) is 4.42 Å². The van der Waals surface area contributed by atoms with E-state index in [1.165, 1.54) is 5.56 Å². The van der Waals surface area contributed by atoms with Crippen LogP contribution in [0.2, 0.25) is 0 Å². The van der Waals surface area contributed by atoms with Crippen molar-refractivity contribution in [3.05, 3.63) is 53.2 Å². The quantitative estimate of drug-likeness (QED) is 0.906. The molecular weight excluding hydrogens is 316 g/mol. The minimum atomic E-state index is -0.312. The van der Waals surface area contributed by atoms with Crippen LogP contribution < -0.4 is 0 Å². The molecule has 0 saturated carbocycles. The van der Waals surface area contributed by atoms with Crippen LogP contribution >= 0.6 is 0 Å². The summed E-state index contributed by atoms with van der Waals surface area (Å²) in [6.07, 6.45) is 3.01. The Hall–Kier alpha value is -2.14. The average Bonchev–Trinajstić information content (AvgIpc) is 2.98. The van der Waals surface area contributed by atoms with Gasteiger partial charge < -0.3 is 14.4 Å². The van der Waals surface area contributed by atoms with Gasteiger partial charge in [0.1, 0.15) is 5.76 Å². The van der Waals surface area contributed by atoms with Crippen molar-refractivity contribution in [1.82, 2.24) is 9.88 Å². The maximum absolute atomic E-state index is 12.6. The third-order valence-corrected chi connectivity index (χ3v) is 5.05. The van der Waals surface area contributed by atoms with Crippen LogP contribution in [0, 0.1) is 19.8 Å². The number of aliphatic hydroxyl groups is 1. The number of nitrogens with zero attached hydrogens (tertiary/aromatic N) is 2. The zero-order chi connectivity index (χ0) is 17.8. The number of carbonyl (C=O) groups excluding carboxylic acids is 1. The van der Waals surface area contributed by atoms with E-state index in [2.05, 4.69) is 17.1 Å². The third kappa shape index (κ3) is 4.28. The Morgan fingerprint density at radius 3 is 2.56 bits per heavy atom. The van der Waals surface area contributed by atoms with Crippen molar-refractivity contribution >= 4 is 5.91 Å². The van der Waals surface area contributed by atoms with Crippen LogP contribution in [0.1, 0.15) is 47.0 Å². The maximum Gasteiger partial charge on any atom is 0.276 e. The Morgan fingerprint density at radius 2 is 1.96 bits per heavy atom. The second-order valence-electron chi connectivity index (χ2n) is 6.86. The molecule has 2 heterocycles. The number of benzene rings is 1.